The largest absolute Gasteiger partial charge is 0.481 e. The van der Waals surface area contributed by atoms with Crippen LogP contribution in [0.3, 0.4) is 0 Å². The highest BCUT2D eigenvalue weighted by Crippen LogP contribution is 2.29. The smallest absolute Gasteiger partial charge is 0.306 e. The Hall–Kier alpha value is -1.14. The first-order chi connectivity index (χ1) is 7.16. The molecule has 2 atom stereocenters. The van der Waals surface area contributed by atoms with E-state index in [2.05, 4.69) is 10.3 Å². The van der Waals surface area contributed by atoms with Crippen molar-refractivity contribution in [2.24, 2.45) is 5.92 Å². The highest BCUT2D eigenvalue weighted by atomic mass is 32.1. The topological polar surface area (TPSA) is 88.2 Å². The van der Waals surface area contributed by atoms with Crippen molar-refractivity contribution in [1.82, 2.24) is 10.3 Å². The molecule has 82 valence electrons. The first-order valence-electron chi connectivity index (χ1n) is 4.84. The van der Waals surface area contributed by atoms with Crippen LogP contribution in [0.5, 0.6) is 0 Å². The predicted octanol–water partition coefficient (Wildman–Crippen LogP) is 0.851. The van der Waals surface area contributed by atoms with Crippen molar-refractivity contribution in [2.75, 3.05) is 12.3 Å². The van der Waals surface area contributed by atoms with E-state index < -0.39 is 5.97 Å². The number of nitrogens with two attached hydrogens (primary N) is 1. The molecule has 0 radical (unpaired) electrons. The van der Waals surface area contributed by atoms with Gasteiger partial charge < -0.3 is 16.2 Å². The summed E-state index contributed by atoms with van der Waals surface area (Å²) in [6, 6.07) is 0.0437. The van der Waals surface area contributed by atoms with Crippen LogP contribution in [0.25, 0.3) is 0 Å². The van der Waals surface area contributed by atoms with Crippen molar-refractivity contribution >= 4 is 23.1 Å². The quantitative estimate of drug-likeness (QED) is 0.697. The van der Waals surface area contributed by atoms with Gasteiger partial charge in [-0.2, -0.15) is 0 Å². The zero-order valence-corrected chi connectivity index (χ0v) is 8.96. The Morgan fingerprint density at radius 3 is 3.13 bits per heavy atom. The van der Waals surface area contributed by atoms with Crippen LogP contribution in [-0.2, 0) is 4.79 Å². The third-order valence-corrected chi connectivity index (χ3v) is 3.57. The van der Waals surface area contributed by atoms with E-state index in [1.165, 1.54) is 11.3 Å². The first kappa shape index (κ1) is 10.4. The molecule has 0 amide bonds. The Balaban J connectivity index is 2.07. The van der Waals surface area contributed by atoms with Gasteiger partial charge >= 0.3 is 5.97 Å². The Labute approximate surface area is 91.3 Å². The van der Waals surface area contributed by atoms with Crippen LogP contribution in [0.2, 0.25) is 0 Å². The first-order valence-corrected chi connectivity index (χ1v) is 5.72. The molecule has 1 fully saturated rings. The number of aliphatic carboxylic acids is 1. The molecule has 5 nitrogen and oxygen atoms in total. The molecule has 1 saturated heterocycles. The number of carboxylic acid groups (broad SMARTS) is 1. The zero-order chi connectivity index (χ0) is 10.8. The summed E-state index contributed by atoms with van der Waals surface area (Å²) < 4.78 is 0. The maximum absolute atomic E-state index is 10.9. The third kappa shape index (κ3) is 2.27. The third-order valence-electron chi connectivity index (χ3n) is 2.59. The van der Waals surface area contributed by atoms with Crippen LogP contribution in [0.1, 0.15) is 23.9 Å². The maximum Gasteiger partial charge on any atom is 0.306 e. The number of carboxylic acids is 1. The van der Waals surface area contributed by atoms with Crippen molar-refractivity contribution < 1.29 is 9.90 Å². The maximum atomic E-state index is 10.9. The fourth-order valence-corrected chi connectivity index (χ4v) is 2.59. The van der Waals surface area contributed by atoms with E-state index in [1.807, 2.05) is 0 Å². The summed E-state index contributed by atoms with van der Waals surface area (Å²) in [5.41, 5.74) is 5.53. The monoisotopic (exact) mass is 227 g/mol. The van der Waals surface area contributed by atoms with Crippen molar-refractivity contribution in [1.29, 1.82) is 0 Å². The van der Waals surface area contributed by atoms with Gasteiger partial charge in [-0.05, 0) is 19.4 Å². The number of nitrogen functional groups attached to an aromatic ring is 1. The van der Waals surface area contributed by atoms with E-state index >= 15 is 0 Å². The molecule has 1 aromatic heterocycles. The molecule has 6 heteroatoms. The molecule has 1 aliphatic heterocycles. The molecule has 0 aliphatic carbocycles. The summed E-state index contributed by atoms with van der Waals surface area (Å²) in [4.78, 5) is 15.0. The summed E-state index contributed by atoms with van der Waals surface area (Å²) in [6.07, 6.45) is 1.29. The van der Waals surface area contributed by atoms with E-state index in [1.54, 1.807) is 5.38 Å². The normalized spacial score (nSPS) is 26.4. The van der Waals surface area contributed by atoms with Crippen LogP contribution < -0.4 is 11.1 Å². The van der Waals surface area contributed by atoms with Crippen LogP contribution in [0.15, 0.2) is 5.38 Å². The number of piperidine rings is 1. The van der Waals surface area contributed by atoms with Gasteiger partial charge in [-0.15, -0.1) is 11.3 Å². The second-order valence-electron chi connectivity index (χ2n) is 3.68. The fraction of sp³-hybridized carbons (Fsp3) is 0.556. The molecule has 15 heavy (non-hydrogen) atoms. The lowest BCUT2D eigenvalue weighted by molar-refractivity contribution is -0.143. The molecular weight excluding hydrogens is 214 g/mol. The van der Waals surface area contributed by atoms with E-state index in [-0.39, 0.29) is 12.0 Å². The van der Waals surface area contributed by atoms with Crippen molar-refractivity contribution in [3.8, 4) is 0 Å². The minimum atomic E-state index is -0.717. The van der Waals surface area contributed by atoms with Gasteiger partial charge in [0.25, 0.3) is 0 Å². The minimum absolute atomic E-state index is 0.0437. The Kier molecular flexibility index (Phi) is 2.88. The lowest BCUT2D eigenvalue weighted by atomic mass is 9.93. The van der Waals surface area contributed by atoms with Crippen LogP contribution in [0.4, 0.5) is 5.82 Å². The van der Waals surface area contributed by atoms with Crippen LogP contribution >= 0.6 is 11.3 Å². The van der Waals surface area contributed by atoms with E-state index in [0.717, 1.165) is 11.6 Å². The van der Waals surface area contributed by atoms with Gasteiger partial charge in [0.1, 0.15) is 10.8 Å². The zero-order valence-electron chi connectivity index (χ0n) is 8.14. The number of hydrogen-bond acceptors (Lipinski definition) is 5. The van der Waals surface area contributed by atoms with Crippen LogP contribution in [0, 0.1) is 5.92 Å². The summed E-state index contributed by atoms with van der Waals surface area (Å²) in [5.74, 6) is -0.471. The van der Waals surface area contributed by atoms with Gasteiger partial charge in [-0.1, -0.05) is 0 Å². The summed E-state index contributed by atoms with van der Waals surface area (Å²) in [7, 11) is 0. The van der Waals surface area contributed by atoms with Crippen molar-refractivity contribution in [3.63, 3.8) is 0 Å². The lowest BCUT2D eigenvalue weighted by Gasteiger charge is -2.26. The van der Waals surface area contributed by atoms with Gasteiger partial charge in [0.15, 0.2) is 0 Å². The van der Waals surface area contributed by atoms with E-state index in [0.29, 0.717) is 18.7 Å². The predicted molar refractivity (Wildman–Crippen MR) is 57.6 cm³/mol. The van der Waals surface area contributed by atoms with Gasteiger partial charge in [0.2, 0.25) is 0 Å². The van der Waals surface area contributed by atoms with E-state index in [9.17, 15) is 4.79 Å². The fourth-order valence-electron chi connectivity index (χ4n) is 1.79. The molecular formula is C9H13N3O2S. The Morgan fingerprint density at radius 1 is 1.73 bits per heavy atom. The number of anilines is 1. The summed E-state index contributed by atoms with van der Waals surface area (Å²) in [6.45, 7) is 0.723. The van der Waals surface area contributed by atoms with Crippen molar-refractivity contribution in [3.05, 3.63) is 10.4 Å². The molecule has 0 spiro atoms. The lowest BCUT2D eigenvalue weighted by Crippen LogP contribution is -2.34. The number of nitrogens with zero attached hydrogens (tertiary/aromatic N) is 1. The molecule has 4 N–H and O–H groups in total. The van der Waals surface area contributed by atoms with Gasteiger partial charge in [-0.3, -0.25) is 4.79 Å². The molecule has 2 rings (SSSR count). The molecule has 0 bridgehead atoms. The second kappa shape index (κ2) is 4.16. The number of rotatable bonds is 2. The van der Waals surface area contributed by atoms with Gasteiger partial charge in [0, 0.05) is 5.38 Å². The standard InChI is InChI=1S/C9H13N3O2S/c10-7-4-15-8(12-7)6-3-5(9(13)14)1-2-11-6/h4-6,11H,1-3,10H2,(H,13,14). The number of nitrogens with one attached hydrogen (secondary N) is 1. The molecule has 1 aliphatic rings. The van der Waals surface area contributed by atoms with Crippen LogP contribution in [-0.4, -0.2) is 22.6 Å². The number of thiazole rings is 1. The number of aromatic nitrogens is 1. The van der Waals surface area contributed by atoms with E-state index in [4.69, 9.17) is 10.8 Å². The molecule has 0 aromatic carbocycles. The average Bonchev–Trinajstić information content (AvgIpc) is 2.65. The van der Waals surface area contributed by atoms with Gasteiger partial charge in [0.05, 0.1) is 12.0 Å². The number of carbonyl (C=O) groups is 1. The Bertz CT molecular complexity index is 366. The second-order valence-corrected chi connectivity index (χ2v) is 4.57. The summed E-state index contributed by atoms with van der Waals surface area (Å²) >= 11 is 1.48. The molecule has 0 saturated carbocycles. The molecule has 2 unspecified atom stereocenters. The molecule has 1 aromatic rings. The van der Waals surface area contributed by atoms with Crippen molar-refractivity contribution in [2.45, 2.75) is 18.9 Å². The summed E-state index contributed by atoms with van der Waals surface area (Å²) in [5, 5.41) is 14.9. The molecule has 2 heterocycles. The Morgan fingerprint density at radius 2 is 2.53 bits per heavy atom. The highest BCUT2D eigenvalue weighted by Gasteiger charge is 2.28. The van der Waals surface area contributed by atoms with Gasteiger partial charge in [-0.25, -0.2) is 4.98 Å². The number of hydrogen-bond donors (Lipinski definition) is 3. The highest BCUT2D eigenvalue weighted by molar-refractivity contribution is 7.10. The average molecular weight is 227 g/mol. The SMILES string of the molecule is Nc1csc(C2CC(C(=O)O)CCN2)n1. The minimum Gasteiger partial charge on any atom is -0.481 e.